The molecular weight excluding hydrogens is 670 g/mol. The van der Waals surface area contributed by atoms with Crippen LogP contribution in [0.5, 0.6) is 0 Å². The van der Waals surface area contributed by atoms with E-state index in [2.05, 4.69) is 82.1 Å². The molecular formula is C27H33O3SSiU-. The molecule has 1 aliphatic rings. The Labute approximate surface area is 229 Å². The van der Waals surface area contributed by atoms with Gasteiger partial charge in [0.25, 0.3) is 8.32 Å². The summed E-state index contributed by atoms with van der Waals surface area (Å²) in [6.45, 7) is 12.8. The molecule has 0 spiro atoms. The van der Waals surface area contributed by atoms with E-state index in [0.29, 0.717) is 18.1 Å². The van der Waals surface area contributed by atoms with Gasteiger partial charge in [-0.2, -0.15) is 6.61 Å². The SMILES string of the molecule is C#CC[C@@]1(CO[Si](c2ccccc2)(c2ccccc2)C(C)(C)C)O[CH-][C@H](OC(C)=S)[C@@H]1C.[U]. The van der Waals surface area contributed by atoms with Crippen LogP contribution in [-0.4, -0.2) is 31.7 Å². The molecule has 174 valence electrons. The van der Waals surface area contributed by atoms with Gasteiger partial charge in [-0.15, -0.1) is 12.3 Å². The Morgan fingerprint density at radius 2 is 1.64 bits per heavy atom. The van der Waals surface area contributed by atoms with Crippen LogP contribution in [0.1, 0.15) is 41.0 Å². The van der Waals surface area contributed by atoms with Gasteiger partial charge in [0, 0.05) is 50.6 Å². The van der Waals surface area contributed by atoms with E-state index < -0.39 is 13.9 Å². The molecule has 33 heavy (non-hydrogen) atoms. The molecule has 0 amide bonds. The third kappa shape index (κ3) is 5.84. The molecule has 3 atom stereocenters. The molecule has 1 heterocycles. The summed E-state index contributed by atoms with van der Waals surface area (Å²) in [4.78, 5) is 0. The number of ether oxygens (including phenoxy) is 2. The molecule has 0 saturated carbocycles. The van der Waals surface area contributed by atoms with Crippen LogP contribution in [0.25, 0.3) is 0 Å². The number of hydrogen-bond donors (Lipinski definition) is 0. The molecule has 0 unspecified atom stereocenters. The molecule has 6 heteroatoms. The van der Waals surface area contributed by atoms with Crippen molar-refractivity contribution in [3.8, 4) is 12.3 Å². The van der Waals surface area contributed by atoms with Gasteiger partial charge in [0.15, 0.2) is 5.05 Å². The van der Waals surface area contributed by atoms with E-state index in [1.165, 1.54) is 10.4 Å². The van der Waals surface area contributed by atoms with E-state index >= 15 is 0 Å². The van der Waals surface area contributed by atoms with Crippen molar-refractivity contribution in [2.45, 2.75) is 57.8 Å². The van der Waals surface area contributed by atoms with E-state index in [1.54, 1.807) is 13.5 Å². The Balaban J connectivity index is 0.00000385. The van der Waals surface area contributed by atoms with E-state index in [9.17, 15) is 0 Å². The predicted molar refractivity (Wildman–Crippen MR) is 137 cm³/mol. The summed E-state index contributed by atoms with van der Waals surface area (Å²) in [6.07, 6.45) is 5.98. The van der Waals surface area contributed by atoms with E-state index in [0.717, 1.165) is 0 Å². The van der Waals surface area contributed by atoms with Gasteiger partial charge in [-0.05, 0) is 33.5 Å². The second-order valence-electron chi connectivity index (χ2n) is 9.51. The van der Waals surface area contributed by atoms with Crippen LogP contribution in [-0.2, 0) is 13.9 Å². The van der Waals surface area contributed by atoms with Crippen molar-refractivity contribution in [3.05, 3.63) is 67.3 Å². The first-order valence-corrected chi connectivity index (χ1v) is 13.3. The summed E-state index contributed by atoms with van der Waals surface area (Å²) in [7, 11) is -2.71. The van der Waals surface area contributed by atoms with Crippen molar-refractivity contribution < 1.29 is 45.0 Å². The summed E-state index contributed by atoms with van der Waals surface area (Å²) in [5.74, 6) is 2.81. The van der Waals surface area contributed by atoms with Gasteiger partial charge in [0.2, 0.25) is 0 Å². The van der Waals surface area contributed by atoms with E-state index in [-0.39, 0.29) is 48.2 Å². The summed E-state index contributed by atoms with van der Waals surface area (Å²) in [6, 6.07) is 21.2. The van der Waals surface area contributed by atoms with Crippen molar-refractivity contribution in [1.29, 1.82) is 0 Å². The third-order valence-electron chi connectivity index (χ3n) is 6.41. The average molecular weight is 704 g/mol. The molecule has 0 aliphatic carbocycles. The zero-order valence-corrected chi connectivity index (χ0v) is 26.1. The maximum Gasteiger partial charge on any atom is 0.261 e. The zero-order valence-electron chi connectivity index (χ0n) is 20.1. The van der Waals surface area contributed by atoms with Gasteiger partial charge in [-0.25, -0.2) is 0 Å². The van der Waals surface area contributed by atoms with Crippen molar-refractivity contribution in [1.82, 2.24) is 0 Å². The molecule has 1 saturated heterocycles. The standard InChI is InChI=1S/C27H33O3SSi.U/c1-7-18-27(21(2)25(19-28-27)30-22(3)31)20-29-32(26(4,5)6,23-14-10-8-11-15-23)24-16-12-9-13-17-24;/h1,8-17,19,21,25H,18,20H2,2-6H3;/q-1;/t21-,25-,27-;/m0./s1. The molecule has 0 bridgehead atoms. The number of thiocarbonyl (C=S) groups is 1. The van der Waals surface area contributed by atoms with Gasteiger partial charge in [-0.3, -0.25) is 0 Å². The van der Waals surface area contributed by atoms with E-state index in [4.69, 9.17) is 32.5 Å². The van der Waals surface area contributed by atoms with Crippen LogP contribution in [0, 0.1) is 56.0 Å². The summed E-state index contributed by atoms with van der Waals surface area (Å²) >= 11 is 5.16. The summed E-state index contributed by atoms with van der Waals surface area (Å²) in [5.41, 5.74) is -0.669. The van der Waals surface area contributed by atoms with Crippen LogP contribution in [0.15, 0.2) is 60.7 Å². The largest absolute Gasteiger partial charge is 0.541 e. The van der Waals surface area contributed by atoms with Crippen LogP contribution in [0.3, 0.4) is 0 Å². The Morgan fingerprint density at radius 1 is 1.12 bits per heavy atom. The Hall–Kier alpha value is -0.921. The topological polar surface area (TPSA) is 27.7 Å². The number of rotatable bonds is 7. The number of terminal acetylenes is 1. The molecule has 0 aromatic heterocycles. The van der Waals surface area contributed by atoms with Gasteiger partial charge in [0.1, 0.15) is 0 Å². The predicted octanol–water partition coefficient (Wildman–Crippen LogP) is 4.89. The normalized spacial score (nSPS) is 22.8. The molecule has 1 aliphatic heterocycles. The molecule has 1 fully saturated rings. The second kappa shape index (κ2) is 11.7. The molecule has 3 rings (SSSR count). The third-order valence-corrected chi connectivity index (χ3v) is 11.5. The van der Waals surface area contributed by atoms with Gasteiger partial charge < -0.3 is 13.9 Å². The minimum absolute atomic E-state index is 0. The number of benzene rings is 2. The van der Waals surface area contributed by atoms with Crippen molar-refractivity contribution in [2.75, 3.05) is 6.61 Å². The maximum atomic E-state index is 7.14. The Morgan fingerprint density at radius 3 is 2.06 bits per heavy atom. The van der Waals surface area contributed by atoms with Gasteiger partial charge in [-0.1, -0.05) is 88.4 Å². The first kappa shape index (κ1) is 28.3. The first-order chi connectivity index (χ1) is 15.2. The molecule has 2 aromatic rings. The second-order valence-corrected chi connectivity index (χ2v) is 14.4. The minimum Gasteiger partial charge on any atom is -0.541 e. The Bertz CT molecular complexity index is 915. The van der Waals surface area contributed by atoms with Gasteiger partial charge in [0.05, 0.1) is 12.2 Å². The van der Waals surface area contributed by atoms with E-state index in [1.807, 2.05) is 12.1 Å². The van der Waals surface area contributed by atoms with Crippen molar-refractivity contribution in [3.63, 3.8) is 0 Å². The Kier molecular flexibility index (Phi) is 10.0. The summed E-state index contributed by atoms with van der Waals surface area (Å²) in [5, 5.41) is 2.82. The molecule has 0 N–H and O–H groups in total. The van der Waals surface area contributed by atoms with Gasteiger partial charge >= 0.3 is 0 Å². The zero-order chi connectivity index (χ0) is 23.4. The first-order valence-electron chi connectivity index (χ1n) is 11.0. The molecule has 2 aromatic carbocycles. The van der Waals surface area contributed by atoms with Crippen LogP contribution >= 0.6 is 12.2 Å². The number of hydrogen-bond acceptors (Lipinski definition) is 4. The van der Waals surface area contributed by atoms with Crippen molar-refractivity contribution >= 4 is 36.0 Å². The minimum atomic E-state index is -2.71. The maximum absolute atomic E-state index is 7.14. The smallest absolute Gasteiger partial charge is 0.261 e. The van der Waals surface area contributed by atoms with Crippen LogP contribution in [0.2, 0.25) is 5.04 Å². The molecule has 0 radical (unpaired) electrons. The van der Waals surface area contributed by atoms with Crippen molar-refractivity contribution in [2.24, 2.45) is 5.92 Å². The fourth-order valence-electron chi connectivity index (χ4n) is 4.63. The monoisotopic (exact) mass is 703 g/mol. The van der Waals surface area contributed by atoms with Crippen LogP contribution < -0.4 is 10.4 Å². The molecule has 3 nitrogen and oxygen atoms in total. The average Bonchev–Trinajstić information content (AvgIpc) is 3.05. The fraction of sp³-hybridized carbons (Fsp3) is 0.407. The van der Waals surface area contributed by atoms with Crippen LogP contribution in [0.4, 0.5) is 0 Å². The quantitative estimate of drug-likeness (QED) is 0.178. The summed E-state index contributed by atoms with van der Waals surface area (Å²) < 4.78 is 19.2. The fourth-order valence-corrected chi connectivity index (χ4v) is 9.36.